The van der Waals surface area contributed by atoms with E-state index in [9.17, 15) is 4.79 Å². The summed E-state index contributed by atoms with van der Waals surface area (Å²) in [4.78, 5) is 10.8. The minimum Gasteiger partial charge on any atom is -0.292 e. The van der Waals surface area contributed by atoms with E-state index in [1.54, 1.807) is 0 Å². The Kier molecular flexibility index (Phi) is 3.11. The van der Waals surface area contributed by atoms with Crippen LogP contribution in [0.1, 0.15) is 5.56 Å². The maximum Gasteiger partial charge on any atom is 0.234 e. The highest BCUT2D eigenvalue weighted by atomic mass is 79.9. The van der Waals surface area contributed by atoms with Gasteiger partial charge in [-0.2, -0.15) is 0 Å². The number of benzene rings is 1. The standard InChI is InChI=1S/C8H8BrNO/c9-10-8(11)6-7-4-2-1-3-5-7/h1-5H,6H2,(H,10,11). The number of halogens is 1. The van der Waals surface area contributed by atoms with E-state index in [-0.39, 0.29) is 5.91 Å². The van der Waals surface area contributed by atoms with Crippen molar-refractivity contribution in [2.24, 2.45) is 0 Å². The molecule has 1 N–H and O–H groups in total. The van der Waals surface area contributed by atoms with Crippen LogP contribution in [-0.2, 0) is 11.2 Å². The molecule has 0 saturated heterocycles. The van der Waals surface area contributed by atoms with Crippen molar-refractivity contribution in [2.45, 2.75) is 6.42 Å². The van der Waals surface area contributed by atoms with Gasteiger partial charge >= 0.3 is 0 Å². The lowest BCUT2D eigenvalue weighted by Gasteiger charge is -1.96. The number of hydrogen-bond donors (Lipinski definition) is 1. The fourth-order valence-corrected chi connectivity index (χ4v) is 0.955. The monoisotopic (exact) mass is 213 g/mol. The smallest absolute Gasteiger partial charge is 0.234 e. The van der Waals surface area contributed by atoms with Gasteiger partial charge in [-0.1, -0.05) is 30.3 Å². The molecule has 0 aliphatic heterocycles. The fourth-order valence-electron chi connectivity index (χ4n) is 0.815. The average molecular weight is 214 g/mol. The van der Waals surface area contributed by atoms with Crippen molar-refractivity contribution in [1.82, 2.24) is 4.34 Å². The molecule has 0 fully saturated rings. The van der Waals surface area contributed by atoms with Crippen molar-refractivity contribution >= 4 is 22.1 Å². The van der Waals surface area contributed by atoms with Crippen LogP contribution in [0.25, 0.3) is 0 Å². The van der Waals surface area contributed by atoms with Gasteiger partial charge in [0, 0.05) is 16.1 Å². The normalized spacial score (nSPS) is 9.18. The summed E-state index contributed by atoms with van der Waals surface area (Å²) in [6, 6.07) is 9.59. The lowest BCUT2D eigenvalue weighted by Crippen LogP contribution is -2.14. The molecule has 0 aromatic heterocycles. The van der Waals surface area contributed by atoms with Gasteiger partial charge in [0.15, 0.2) is 0 Å². The van der Waals surface area contributed by atoms with Crippen molar-refractivity contribution < 1.29 is 4.79 Å². The highest BCUT2D eigenvalue weighted by Crippen LogP contribution is 1.99. The molecule has 1 aromatic carbocycles. The summed E-state index contributed by atoms with van der Waals surface area (Å²) < 4.78 is 2.39. The first-order valence-electron chi connectivity index (χ1n) is 3.26. The van der Waals surface area contributed by atoms with Crippen molar-refractivity contribution in [1.29, 1.82) is 0 Å². The molecule has 11 heavy (non-hydrogen) atoms. The fraction of sp³-hybridized carbons (Fsp3) is 0.125. The van der Waals surface area contributed by atoms with Crippen molar-refractivity contribution in [3.8, 4) is 0 Å². The molecule has 0 bridgehead atoms. The average Bonchev–Trinajstić information content (AvgIpc) is 2.06. The predicted molar refractivity (Wildman–Crippen MR) is 47.2 cm³/mol. The first kappa shape index (κ1) is 8.27. The Labute approximate surface area is 74.0 Å². The molecule has 0 saturated carbocycles. The zero-order chi connectivity index (χ0) is 8.10. The lowest BCUT2D eigenvalue weighted by molar-refractivity contribution is -0.118. The third kappa shape index (κ3) is 2.72. The minimum atomic E-state index is -0.0313. The summed E-state index contributed by atoms with van der Waals surface area (Å²) in [5, 5.41) is 0. The second kappa shape index (κ2) is 4.13. The van der Waals surface area contributed by atoms with Crippen LogP contribution in [0.3, 0.4) is 0 Å². The first-order valence-corrected chi connectivity index (χ1v) is 4.05. The summed E-state index contributed by atoms with van der Waals surface area (Å²) in [5.74, 6) is -0.0313. The largest absolute Gasteiger partial charge is 0.292 e. The molecular weight excluding hydrogens is 206 g/mol. The summed E-state index contributed by atoms with van der Waals surface area (Å²) in [7, 11) is 0. The molecule has 0 aliphatic carbocycles. The molecule has 0 heterocycles. The van der Waals surface area contributed by atoms with Crippen LogP contribution in [0, 0.1) is 0 Å². The second-order valence-electron chi connectivity index (χ2n) is 2.18. The molecule has 0 spiro atoms. The van der Waals surface area contributed by atoms with E-state index >= 15 is 0 Å². The van der Waals surface area contributed by atoms with Crippen LogP contribution in [0.4, 0.5) is 0 Å². The Morgan fingerprint density at radius 2 is 2.00 bits per heavy atom. The van der Waals surface area contributed by atoms with Gasteiger partial charge in [0.05, 0.1) is 6.42 Å². The molecule has 1 amide bonds. The topological polar surface area (TPSA) is 29.1 Å². The quantitative estimate of drug-likeness (QED) is 0.745. The first-order chi connectivity index (χ1) is 5.33. The number of hydrogen-bond acceptors (Lipinski definition) is 1. The van der Waals surface area contributed by atoms with Crippen molar-refractivity contribution in [3.63, 3.8) is 0 Å². The summed E-state index contributed by atoms with van der Waals surface area (Å²) in [6.07, 6.45) is 0.423. The Bertz CT molecular complexity index is 235. The lowest BCUT2D eigenvalue weighted by atomic mass is 10.1. The Morgan fingerprint density at radius 1 is 1.36 bits per heavy atom. The van der Waals surface area contributed by atoms with Gasteiger partial charge in [0.1, 0.15) is 0 Å². The van der Waals surface area contributed by atoms with Gasteiger partial charge < -0.3 is 0 Å². The summed E-state index contributed by atoms with van der Waals surface area (Å²) in [5.41, 5.74) is 1.02. The van der Waals surface area contributed by atoms with Gasteiger partial charge in [-0.05, 0) is 5.56 Å². The number of nitrogens with one attached hydrogen (secondary N) is 1. The Hall–Kier alpha value is -0.830. The SMILES string of the molecule is O=C(Cc1ccccc1)NBr. The third-order valence-electron chi connectivity index (χ3n) is 1.31. The van der Waals surface area contributed by atoms with Gasteiger partial charge in [-0.3, -0.25) is 9.14 Å². The van der Waals surface area contributed by atoms with Crippen LogP contribution >= 0.6 is 16.1 Å². The number of carbonyl (C=O) groups is 1. The molecule has 0 aliphatic rings. The molecule has 0 atom stereocenters. The molecule has 1 rings (SSSR count). The van der Waals surface area contributed by atoms with E-state index in [0.29, 0.717) is 6.42 Å². The molecular formula is C8H8BrNO. The minimum absolute atomic E-state index is 0.0313. The molecule has 0 radical (unpaired) electrons. The molecule has 58 valence electrons. The van der Waals surface area contributed by atoms with Crippen LogP contribution < -0.4 is 4.34 Å². The number of carbonyl (C=O) groups excluding carboxylic acids is 1. The number of rotatable bonds is 2. The number of amides is 1. The zero-order valence-corrected chi connectivity index (χ0v) is 7.47. The Balaban J connectivity index is 2.58. The molecule has 1 aromatic rings. The van der Waals surface area contributed by atoms with Gasteiger partial charge in [-0.15, -0.1) is 0 Å². The zero-order valence-electron chi connectivity index (χ0n) is 5.88. The second-order valence-corrected chi connectivity index (χ2v) is 2.58. The van der Waals surface area contributed by atoms with E-state index in [2.05, 4.69) is 20.5 Å². The highest BCUT2D eigenvalue weighted by Gasteiger charge is 1.98. The van der Waals surface area contributed by atoms with E-state index in [1.807, 2.05) is 30.3 Å². The molecule has 3 heteroatoms. The van der Waals surface area contributed by atoms with Crippen LogP contribution in [0.5, 0.6) is 0 Å². The highest BCUT2D eigenvalue weighted by molar-refractivity contribution is 9.08. The maximum absolute atomic E-state index is 10.8. The van der Waals surface area contributed by atoms with E-state index in [1.165, 1.54) is 0 Å². The summed E-state index contributed by atoms with van der Waals surface area (Å²) >= 11 is 2.87. The van der Waals surface area contributed by atoms with Gasteiger partial charge in [0.2, 0.25) is 5.91 Å². The summed E-state index contributed by atoms with van der Waals surface area (Å²) in [6.45, 7) is 0. The van der Waals surface area contributed by atoms with E-state index in [4.69, 9.17) is 0 Å². The van der Waals surface area contributed by atoms with Gasteiger partial charge in [0.25, 0.3) is 0 Å². The molecule has 2 nitrogen and oxygen atoms in total. The predicted octanol–water partition coefficient (Wildman–Crippen LogP) is 1.66. The van der Waals surface area contributed by atoms with E-state index in [0.717, 1.165) is 5.56 Å². The molecule has 0 unspecified atom stereocenters. The third-order valence-corrected chi connectivity index (χ3v) is 1.76. The van der Waals surface area contributed by atoms with Crippen LogP contribution in [-0.4, -0.2) is 5.91 Å². The van der Waals surface area contributed by atoms with Crippen molar-refractivity contribution in [3.05, 3.63) is 35.9 Å². The van der Waals surface area contributed by atoms with Gasteiger partial charge in [-0.25, -0.2) is 0 Å². The van der Waals surface area contributed by atoms with Crippen LogP contribution in [0.15, 0.2) is 30.3 Å². The Morgan fingerprint density at radius 3 is 2.55 bits per heavy atom. The maximum atomic E-state index is 10.8. The van der Waals surface area contributed by atoms with E-state index < -0.39 is 0 Å². The van der Waals surface area contributed by atoms with Crippen molar-refractivity contribution in [2.75, 3.05) is 0 Å². The van der Waals surface area contributed by atoms with Crippen LogP contribution in [0.2, 0.25) is 0 Å².